The van der Waals surface area contributed by atoms with Crippen LogP contribution >= 0.6 is 0 Å². The second kappa shape index (κ2) is 7.23. The first-order chi connectivity index (χ1) is 10.8. The van der Waals surface area contributed by atoms with Gasteiger partial charge in [0.15, 0.2) is 6.29 Å². The summed E-state index contributed by atoms with van der Waals surface area (Å²) in [5.74, 6) is -2.71. The fourth-order valence-electron chi connectivity index (χ4n) is 2.74. The Morgan fingerprint density at radius 1 is 0.957 bits per heavy atom. The van der Waals surface area contributed by atoms with E-state index in [0.29, 0.717) is 0 Å². The molecular formula is C13H24O10. The summed E-state index contributed by atoms with van der Waals surface area (Å²) < 4.78 is 15.6. The third-order valence-corrected chi connectivity index (χ3v) is 4.43. The first-order valence-electron chi connectivity index (χ1n) is 7.36. The number of aliphatic hydroxyl groups excluding tert-OH is 7. The molecule has 2 aliphatic rings. The van der Waals surface area contributed by atoms with Crippen LogP contribution in [0.2, 0.25) is 0 Å². The van der Waals surface area contributed by atoms with Crippen LogP contribution in [0.1, 0.15) is 6.92 Å². The molecule has 10 heteroatoms. The van der Waals surface area contributed by atoms with Crippen molar-refractivity contribution in [1.82, 2.24) is 0 Å². The fraction of sp³-hybridized carbons (Fsp3) is 1.00. The minimum Gasteiger partial charge on any atom is -0.394 e. The average molecular weight is 340 g/mol. The van der Waals surface area contributed by atoms with Gasteiger partial charge in [0.1, 0.15) is 37.1 Å². The summed E-state index contributed by atoms with van der Waals surface area (Å²) in [7, 11) is 0. The summed E-state index contributed by atoms with van der Waals surface area (Å²) in [4.78, 5) is 0. The maximum atomic E-state index is 9.98. The van der Waals surface area contributed by atoms with Crippen LogP contribution in [0.4, 0.5) is 0 Å². The van der Waals surface area contributed by atoms with Crippen LogP contribution in [0.15, 0.2) is 0 Å². The summed E-state index contributed by atoms with van der Waals surface area (Å²) in [5.41, 5.74) is 0. The molecule has 0 aromatic rings. The lowest BCUT2D eigenvalue weighted by atomic mass is 9.92. The van der Waals surface area contributed by atoms with Gasteiger partial charge in [-0.15, -0.1) is 0 Å². The van der Waals surface area contributed by atoms with Gasteiger partial charge in [0.25, 0.3) is 0 Å². The van der Waals surface area contributed by atoms with Crippen molar-refractivity contribution in [2.75, 3.05) is 19.8 Å². The molecular weight excluding hydrogens is 316 g/mol. The normalized spacial score (nSPS) is 51.1. The van der Waals surface area contributed by atoms with Gasteiger partial charge >= 0.3 is 0 Å². The van der Waals surface area contributed by atoms with E-state index in [1.54, 1.807) is 0 Å². The van der Waals surface area contributed by atoms with Crippen LogP contribution in [0.5, 0.6) is 0 Å². The number of ether oxygens (including phenoxy) is 3. The molecule has 2 heterocycles. The highest BCUT2D eigenvalue weighted by Gasteiger charge is 2.55. The van der Waals surface area contributed by atoms with Gasteiger partial charge in [0.05, 0.1) is 19.3 Å². The Kier molecular flexibility index (Phi) is 5.95. The van der Waals surface area contributed by atoms with Gasteiger partial charge in [-0.05, 0) is 0 Å². The number of hydrogen-bond acceptors (Lipinski definition) is 10. The highest BCUT2D eigenvalue weighted by molar-refractivity contribution is 4.97. The van der Waals surface area contributed by atoms with Gasteiger partial charge < -0.3 is 50.0 Å². The molecule has 2 fully saturated rings. The summed E-state index contributed by atoms with van der Waals surface area (Å²) in [6, 6.07) is 0. The Hall–Kier alpha value is -0.400. The zero-order chi connectivity index (χ0) is 17.4. The first-order valence-corrected chi connectivity index (χ1v) is 7.36. The SMILES string of the molecule is CC1C(O)OC(COC2(CO)OC(CO)C(O)C2O)C(O)C1O. The lowest BCUT2D eigenvalue weighted by Crippen LogP contribution is -2.57. The molecule has 23 heavy (non-hydrogen) atoms. The van der Waals surface area contributed by atoms with Crippen LogP contribution in [0, 0.1) is 5.92 Å². The second-order valence-electron chi connectivity index (χ2n) is 5.96. The highest BCUT2D eigenvalue weighted by Crippen LogP contribution is 2.33. The minimum absolute atomic E-state index is 0.440. The van der Waals surface area contributed by atoms with Crippen molar-refractivity contribution in [3.63, 3.8) is 0 Å². The van der Waals surface area contributed by atoms with Crippen molar-refractivity contribution in [2.24, 2.45) is 5.92 Å². The van der Waals surface area contributed by atoms with E-state index >= 15 is 0 Å². The van der Waals surface area contributed by atoms with Crippen LogP contribution in [0.3, 0.4) is 0 Å². The van der Waals surface area contributed by atoms with Gasteiger partial charge in [-0.3, -0.25) is 0 Å². The second-order valence-corrected chi connectivity index (χ2v) is 5.96. The first kappa shape index (κ1) is 18.9. The average Bonchev–Trinajstić information content (AvgIpc) is 2.80. The quantitative estimate of drug-likeness (QED) is 0.261. The monoisotopic (exact) mass is 340 g/mol. The zero-order valence-electron chi connectivity index (χ0n) is 12.6. The standard InChI is InChI=1S/C13H24O10/c1-5-8(16)9(17)7(22-12(5)20)3-21-13(4-15)11(19)10(18)6(2-14)23-13/h5-12,14-20H,2-4H2,1H3. The van der Waals surface area contributed by atoms with Crippen LogP contribution < -0.4 is 0 Å². The van der Waals surface area contributed by atoms with Crippen molar-refractivity contribution >= 4 is 0 Å². The lowest BCUT2D eigenvalue weighted by molar-refractivity contribution is -0.314. The predicted molar refractivity (Wildman–Crippen MR) is 71.8 cm³/mol. The molecule has 2 rings (SSSR count). The maximum Gasteiger partial charge on any atom is 0.221 e. The maximum absolute atomic E-state index is 9.98. The van der Waals surface area contributed by atoms with Crippen LogP contribution in [-0.2, 0) is 14.2 Å². The smallest absolute Gasteiger partial charge is 0.221 e. The van der Waals surface area contributed by atoms with E-state index in [2.05, 4.69) is 0 Å². The summed E-state index contributed by atoms with van der Waals surface area (Å²) >= 11 is 0. The molecule has 9 unspecified atom stereocenters. The van der Waals surface area contributed by atoms with E-state index in [1.165, 1.54) is 6.92 Å². The van der Waals surface area contributed by atoms with Gasteiger partial charge in [-0.25, -0.2) is 0 Å². The third-order valence-electron chi connectivity index (χ3n) is 4.43. The molecule has 0 aromatic heterocycles. The largest absolute Gasteiger partial charge is 0.394 e. The predicted octanol–water partition coefficient (Wildman–Crippen LogP) is -4.12. The van der Waals surface area contributed by atoms with Gasteiger partial charge in [0, 0.05) is 5.92 Å². The van der Waals surface area contributed by atoms with Crippen molar-refractivity contribution in [2.45, 2.75) is 55.6 Å². The molecule has 136 valence electrons. The molecule has 9 atom stereocenters. The van der Waals surface area contributed by atoms with E-state index in [0.717, 1.165) is 0 Å². The van der Waals surface area contributed by atoms with Crippen molar-refractivity contribution in [1.29, 1.82) is 0 Å². The third kappa shape index (κ3) is 3.37. The van der Waals surface area contributed by atoms with E-state index in [4.69, 9.17) is 19.3 Å². The summed E-state index contributed by atoms with van der Waals surface area (Å²) in [5, 5.41) is 67.7. The Morgan fingerprint density at radius 2 is 1.61 bits per heavy atom. The van der Waals surface area contributed by atoms with Crippen molar-refractivity contribution < 1.29 is 50.0 Å². The molecule has 2 aliphatic heterocycles. The van der Waals surface area contributed by atoms with Crippen LogP contribution in [0.25, 0.3) is 0 Å². The Bertz CT molecular complexity index is 395. The highest BCUT2D eigenvalue weighted by atomic mass is 16.7. The molecule has 10 nitrogen and oxygen atoms in total. The molecule has 2 saturated heterocycles. The molecule has 0 aliphatic carbocycles. The lowest BCUT2D eigenvalue weighted by Gasteiger charge is -2.40. The van der Waals surface area contributed by atoms with Gasteiger partial charge in [-0.1, -0.05) is 6.92 Å². The van der Waals surface area contributed by atoms with Crippen LogP contribution in [-0.4, -0.2) is 104 Å². The van der Waals surface area contributed by atoms with Gasteiger partial charge in [0.2, 0.25) is 5.79 Å². The molecule has 0 saturated carbocycles. The Morgan fingerprint density at radius 3 is 2.13 bits per heavy atom. The zero-order valence-corrected chi connectivity index (χ0v) is 12.6. The molecule has 0 amide bonds. The summed E-state index contributed by atoms with van der Waals surface area (Å²) in [6.45, 7) is -0.367. The molecule has 0 spiro atoms. The van der Waals surface area contributed by atoms with E-state index in [9.17, 15) is 30.6 Å². The fourth-order valence-corrected chi connectivity index (χ4v) is 2.74. The topological polar surface area (TPSA) is 169 Å². The number of aliphatic hydroxyl groups is 7. The van der Waals surface area contributed by atoms with E-state index in [1.807, 2.05) is 0 Å². The Labute approximate surface area is 132 Å². The Balaban J connectivity index is 2.03. The molecule has 7 N–H and O–H groups in total. The summed E-state index contributed by atoms with van der Waals surface area (Å²) in [6.07, 6.45) is -9.33. The molecule has 0 bridgehead atoms. The number of rotatable bonds is 5. The van der Waals surface area contributed by atoms with Crippen molar-refractivity contribution in [3.8, 4) is 0 Å². The molecule has 0 radical (unpaired) electrons. The molecule has 0 aromatic carbocycles. The van der Waals surface area contributed by atoms with E-state index < -0.39 is 74.4 Å². The van der Waals surface area contributed by atoms with E-state index in [-0.39, 0.29) is 0 Å². The van der Waals surface area contributed by atoms with Crippen molar-refractivity contribution in [3.05, 3.63) is 0 Å². The number of hydrogen-bond donors (Lipinski definition) is 7. The minimum atomic E-state index is -2.01. The van der Waals surface area contributed by atoms with Gasteiger partial charge in [-0.2, -0.15) is 0 Å².